The Hall–Kier alpha value is -1.33. The third kappa shape index (κ3) is 1.75. The molecule has 2 fully saturated rings. The molecule has 3 nitrogen and oxygen atoms in total. The van der Waals surface area contributed by atoms with E-state index in [1.54, 1.807) is 0 Å². The molecule has 0 radical (unpaired) electrons. The van der Waals surface area contributed by atoms with E-state index in [2.05, 4.69) is 9.97 Å². The van der Waals surface area contributed by atoms with Gasteiger partial charge in [0.15, 0.2) is 0 Å². The Morgan fingerprint density at radius 3 is 2.24 bits per heavy atom. The molecule has 3 rings (SSSR count). The highest BCUT2D eigenvalue weighted by atomic mass is 19.4. The second-order valence-electron chi connectivity index (χ2n) is 4.61. The highest BCUT2D eigenvalue weighted by Crippen LogP contribution is 2.40. The third-order valence-corrected chi connectivity index (χ3v) is 3.62. The van der Waals surface area contributed by atoms with Crippen molar-refractivity contribution < 1.29 is 13.2 Å². The molecular weight excluding hydrogens is 231 g/mol. The Morgan fingerprint density at radius 1 is 1.12 bits per heavy atom. The van der Waals surface area contributed by atoms with Gasteiger partial charge in [-0.25, -0.2) is 9.97 Å². The molecule has 2 saturated heterocycles. The number of nitrogens with zero attached hydrogens (tertiary/aromatic N) is 3. The predicted octanol–water partition coefficient (Wildman–Crippen LogP) is 2.63. The van der Waals surface area contributed by atoms with Gasteiger partial charge in [-0.3, -0.25) is 0 Å². The van der Waals surface area contributed by atoms with Gasteiger partial charge in [-0.05, 0) is 31.7 Å². The molecule has 0 amide bonds. The van der Waals surface area contributed by atoms with Crippen LogP contribution in [0.2, 0.25) is 0 Å². The lowest BCUT2D eigenvalue weighted by Gasteiger charge is -2.22. The molecule has 0 aromatic carbocycles. The van der Waals surface area contributed by atoms with Crippen LogP contribution in [0.3, 0.4) is 0 Å². The smallest absolute Gasteiger partial charge is 0.335 e. The molecule has 3 heterocycles. The summed E-state index contributed by atoms with van der Waals surface area (Å²) in [4.78, 5) is 9.61. The summed E-state index contributed by atoms with van der Waals surface area (Å²) in [5, 5.41) is 0. The molecule has 2 bridgehead atoms. The Kier molecular flexibility index (Phi) is 2.27. The number of rotatable bonds is 1. The van der Waals surface area contributed by atoms with E-state index in [1.165, 1.54) is 6.20 Å². The van der Waals surface area contributed by atoms with Gasteiger partial charge in [0.1, 0.15) is 5.69 Å². The van der Waals surface area contributed by atoms with Gasteiger partial charge in [0.25, 0.3) is 0 Å². The summed E-state index contributed by atoms with van der Waals surface area (Å²) < 4.78 is 37.7. The summed E-state index contributed by atoms with van der Waals surface area (Å²) >= 11 is 0. The fraction of sp³-hybridized carbons (Fsp3) is 0.636. The van der Waals surface area contributed by atoms with Gasteiger partial charge in [0.05, 0.1) is 0 Å². The lowest BCUT2D eigenvalue weighted by atomic mass is 10.0. The number of fused-ring (bicyclic) bond motifs is 2. The lowest BCUT2D eigenvalue weighted by Crippen LogP contribution is -2.30. The van der Waals surface area contributed by atoms with E-state index in [0.29, 0.717) is 12.1 Å². The third-order valence-electron chi connectivity index (χ3n) is 3.62. The van der Waals surface area contributed by atoms with Crippen LogP contribution in [0.25, 0.3) is 0 Å². The second kappa shape index (κ2) is 3.58. The Balaban J connectivity index is 1.94. The maximum atomic E-state index is 12.6. The molecule has 0 spiro atoms. The molecule has 0 N–H and O–H groups in total. The Bertz CT molecular complexity index is 412. The van der Waals surface area contributed by atoms with Crippen LogP contribution in [0, 0.1) is 0 Å². The normalized spacial score (nSPS) is 27.8. The minimum Gasteiger partial charge on any atom is -0.335 e. The van der Waals surface area contributed by atoms with Crippen LogP contribution in [0.4, 0.5) is 19.1 Å². The molecule has 2 aliphatic rings. The van der Waals surface area contributed by atoms with Crippen LogP contribution in [0.1, 0.15) is 31.4 Å². The summed E-state index contributed by atoms with van der Waals surface area (Å²) in [5.74, 6) is 0.241. The molecule has 2 aliphatic heterocycles. The fourth-order valence-corrected chi connectivity index (χ4v) is 2.87. The highest BCUT2D eigenvalue weighted by molar-refractivity contribution is 5.38. The van der Waals surface area contributed by atoms with E-state index in [1.807, 2.05) is 4.90 Å². The van der Waals surface area contributed by atoms with Gasteiger partial charge in [0.2, 0.25) is 5.95 Å². The molecule has 6 heteroatoms. The molecule has 92 valence electrons. The Morgan fingerprint density at radius 2 is 1.71 bits per heavy atom. The zero-order valence-corrected chi connectivity index (χ0v) is 9.11. The summed E-state index contributed by atoms with van der Waals surface area (Å²) in [7, 11) is 0. The monoisotopic (exact) mass is 243 g/mol. The largest absolute Gasteiger partial charge is 0.433 e. The van der Waals surface area contributed by atoms with E-state index in [-0.39, 0.29) is 5.95 Å². The molecule has 0 saturated carbocycles. The van der Waals surface area contributed by atoms with Crippen LogP contribution in [-0.2, 0) is 6.18 Å². The van der Waals surface area contributed by atoms with Crippen LogP contribution >= 0.6 is 0 Å². The standard InChI is InChI=1S/C11H12F3N3/c12-11(13,14)9-5-6-15-10(16-9)17-7-1-2-8(17)4-3-7/h5-8H,1-4H2. The quantitative estimate of drug-likeness (QED) is 0.759. The van der Waals surface area contributed by atoms with Crippen molar-refractivity contribution in [2.45, 2.75) is 43.9 Å². The SMILES string of the molecule is FC(F)(F)c1ccnc(N2C3CCC2CC3)n1. The average molecular weight is 243 g/mol. The fourth-order valence-electron chi connectivity index (χ4n) is 2.87. The number of hydrogen-bond acceptors (Lipinski definition) is 3. The van der Waals surface area contributed by atoms with Crippen molar-refractivity contribution in [1.29, 1.82) is 0 Å². The van der Waals surface area contributed by atoms with E-state index >= 15 is 0 Å². The molecule has 0 aliphatic carbocycles. The van der Waals surface area contributed by atoms with Gasteiger partial charge >= 0.3 is 6.18 Å². The molecular formula is C11H12F3N3. The number of anilines is 1. The first-order valence-corrected chi connectivity index (χ1v) is 5.74. The molecule has 0 unspecified atom stereocenters. The van der Waals surface area contributed by atoms with Gasteiger partial charge in [-0.1, -0.05) is 0 Å². The van der Waals surface area contributed by atoms with Crippen LogP contribution in [-0.4, -0.2) is 22.1 Å². The molecule has 1 aromatic rings. The van der Waals surface area contributed by atoms with E-state index in [9.17, 15) is 13.2 Å². The number of hydrogen-bond donors (Lipinski definition) is 0. The zero-order valence-electron chi connectivity index (χ0n) is 9.11. The highest BCUT2D eigenvalue weighted by Gasteiger charge is 2.41. The summed E-state index contributed by atoms with van der Waals surface area (Å²) in [6.45, 7) is 0. The van der Waals surface area contributed by atoms with E-state index in [4.69, 9.17) is 0 Å². The Labute approximate surface area is 96.7 Å². The minimum atomic E-state index is -4.39. The summed E-state index contributed by atoms with van der Waals surface area (Å²) in [5.41, 5.74) is -0.853. The maximum absolute atomic E-state index is 12.6. The van der Waals surface area contributed by atoms with Crippen molar-refractivity contribution in [1.82, 2.24) is 9.97 Å². The average Bonchev–Trinajstić information content (AvgIpc) is 2.87. The minimum absolute atomic E-state index is 0.241. The van der Waals surface area contributed by atoms with Crippen molar-refractivity contribution in [3.63, 3.8) is 0 Å². The first-order valence-electron chi connectivity index (χ1n) is 5.74. The summed E-state index contributed by atoms with van der Waals surface area (Å²) in [6, 6.07) is 1.59. The van der Waals surface area contributed by atoms with Crippen LogP contribution < -0.4 is 4.90 Å². The second-order valence-corrected chi connectivity index (χ2v) is 4.61. The van der Waals surface area contributed by atoms with Crippen molar-refractivity contribution in [2.75, 3.05) is 4.90 Å². The molecule has 0 atom stereocenters. The van der Waals surface area contributed by atoms with Crippen molar-refractivity contribution in [3.8, 4) is 0 Å². The number of aromatic nitrogens is 2. The van der Waals surface area contributed by atoms with Gasteiger partial charge in [-0.2, -0.15) is 13.2 Å². The molecule has 1 aromatic heterocycles. The number of alkyl halides is 3. The topological polar surface area (TPSA) is 29.0 Å². The van der Waals surface area contributed by atoms with Crippen LogP contribution in [0.15, 0.2) is 12.3 Å². The predicted molar refractivity (Wildman–Crippen MR) is 55.6 cm³/mol. The maximum Gasteiger partial charge on any atom is 0.433 e. The van der Waals surface area contributed by atoms with Crippen molar-refractivity contribution in [3.05, 3.63) is 18.0 Å². The van der Waals surface area contributed by atoms with E-state index < -0.39 is 11.9 Å². The van der Waals surface area contributed by atoms with E-state index in [0.717, 1.165) is 31.7 Å². The van der Waals surface area contributed by atoms with Crippen molar-refractivity contribution >= 4 is 5.95 Å². The van der Waals surface area contributed by atoms with Gasteiger partial charge < -0.3 is 4.90 Å². The molecule has 17 heavy (non-hydrogen) atoms. The number of halogens is 3. The summed E-state index contributed by atoms with van der Waals surface area (Å²) in [6.07, 6.45) is 0.989. The van der Waals surface area contributed by atoms with Crippen molar-refractivity contribution in [2.24, 2.45) is 0 Å². The first-order chi connectivity index (χ1) is 8.05. The van der Waals surface area contributed by atoms with Crippen LogP contribution in [0.5, 0.6) is 0 Å². The zero-order chi connectivity index (χ0) is 12.0. The first kappa shape index (κ1) is 10.8. The van der Waals surface area contributed by atoms with Gasteiger partial charge in [-0.15, -0.1) is 0 Å². The van der Waals surface area contributed by atoms with Gasteiger partial charge in [0, 0.05) is 18.3 Å². The lowest BCUT2D eigenvalue weighted by molar-refractivity contribution is -0.141.